The Morgan fingerprint density at radius 1 is 1.26 bits per heavy atom. The molecule has 0 aliphatic rings. The fraction of sp³-hybridized carbons (Fsp3) is 0.0714. The van der Waals surface area contributed by atoms with Crippen LogP contribution in [0.4, 0.5) is 4.39 Å². The van der Waals surface area contributed by atoms with Crippen LogP contribution in [0.2, 0.25) is 0 Å². The number of nitrogens with zero attached hydrogens (tertiary/aromatic N) is 1. The quantitative estimate of drug-likeness (QED) is 0.737. The topological polar surface area (TPSA) is 33.0 Å². The van der Waals surface area contributed by atoms with Gasteiger partial charge in [-0.05, 0) is 45.8 Å². The van der Waals surface area contributed by atoms with Crippen molar-refractivity contribution in [2.24, 2.45) is 0 Å². The van der Waals surface area contributed by atoms with Gasteiger partial charge in [0.2, 0.25) is 0 Å². The van der Waals surface area contributed by atoms with E-state index in [9.17, 15) is 4.39 Å². The standard InChI is InChI=1S/C14H8BrClFNO/c15-12-5-9(7-16)1-4-14(12)19-11-3-2-10(8-18)13(17)6-11/h1-6H,7H2. The Bertz CT molecular complexity index is 654. The summed E-state index contributed by atoms with van der Waals surface area (Å²) in [6, 6.07) is 11.3. The Morgan fingerprint density at radius 2 is 2.05 bits per heavy atom. The molecule has 0 saturated heterocycles. The maximum atomic E-state index is 13.4. The minimum Gasteiger partial charge on any atom is -0.456 e. The molecule has 2 nitrogen and oxygen atoms in total. The highest BCUT2D eigenvalue weighted by molar-refractivity contribution is 9.10. The Morgan fingerprint density at radius 3 is 2.63 bits per heavy atom. The number of rotatable bonds is 3. The molecule has 0 N–H and O–H groups in total. The normalized spacial score (nSPS) is 10.0. The fourth-order valence-corrected chi connectivity index (χ4v) is 2.16. The zero-order valence-corrected chi connectivity index (χ0v) is 12.0. The van der Waals surface area contributed by atoms with Gasteiger partial charge in [-0.3, -0.25) is 0 Å². The molecule has 2 aromatic carbocycles. The number of hydrogen-bond donors (Lipinski definition) is 0. The van der Waals surface area contributed by atoms with Crippen molar-refractivity contribution in [3.05, 3.63) is 57.8 Å². The van der Waals surface area contributed by atoms with Crippen molar-refractivity contribution >= 4 is 27.5 Å². The molecule has 19 heavy (non-hydrogen) atoms. The Hall–Kier alpha value is -1.57. The Balaban J connectivity index is 2.26. The summed E-state index contributed by atoms with van der Waals surface area (Å²) in [5, 5.41) is 8.65. The number of nitriles is 1. The molecule has 2 rings (SSSR count). The maximum absolute atomic E-state index is 13.4. The molecule has 0 atom stereocenters. The zero-order valence-electron chi connectivity index (χ0n) is 9.66. The molecule has 0 aromatic heterocycles. The average molecular weight is 341 g/mol. The first-order chi connectivity index (χ1) is 9.13. The minimum atomic E-state index is -0.603. The van der Waals surface area contributed by atoms with Gasteiger partial charge in [-0.25, -0.2) is 4.39 Å². The molecule has 0 aliphatic heterocycles. The molecule has 0 heterocycles. The van der Waals surface area contributed by atoms with Crippen LogP contribution in [-0.4, -0.2) is 0 Å². The summed E-state index contributed by atoms with van der Waals surface area (Å²) in [5.41, 5.74) is 0.941. The zero-order chi connectivity index (χ0) is 13.8. The van der Waals surface area contributed by atoms with Crippen molar-refractivity contribution in [3.63, 3.8) is 0 Å². The van der Waals surface area contributed by atoms with Gasteiger partial charge in [-0.1, -0.05) is 6.07 Å². The lowest BCUT2D eigenvalue weighted by Crippen LogP contribution is -1.90. The third-order valence-electron chi connectivity index (χ3n) is 2.44. The van der Waals surface area contributed by atoms with Crippen LogP contribution >= 0.6 is 27.5 Å². The molecule has 0 radical (unpaired) electrons. The second-order valence-electron chi connectivity index (χ2n) is 3.75. The SMILES string of the molecule is N#Cc1ccc(Oc2ccc(CCl)cc2Br)cc1F. The average Bonchev–Trinajstić information content (AvgIpc) is 2.41. The molecule has 0 bridgehead atoms. The molecule has 0 unspecified atom stereocenters. The summed E-state index contributed by atoms with van der Waals surface area (Å²) >= 11 is 9.09. The van der Waals surface area contributed by atoms with Gasteiger partial charge in [0, 0.05) is 11.9 Å². The second kappa shape index (κ2) is 6.05. The van der Waals surface area contributed by atoms with Crippen LogP contribution in [0, 0.1) is 17.1 Å². The third-order valence-corrected chi connectivity index (χ3v) is 3.37. The summed E-state index contributed by atoms with van der Waals surface area (Å²) in [6.45, 7) is 0. The van der Waals surface area contributed by atoms with Gasteiger partial charge in [-0.15, -0.1) is 11.6 Å². The Kier molecular flexibility index (Phi) is 4.41. The lowest BCUT2D eigenvalue weighted by molar-refractivity contribution is 0.473. The molecule has 0 fully saturated rings. The van der Waals surface area contributed by atoms with Crippen molar-refractivity contribution in [1.29, 1.82) is 5.26 Å². The number of benzene rings is 2. The van der Waals surface area contributed by atoms with Gasteiger partial charge in [0.25, 0.3) is 0 Å². The molecule has 5 heteroatoms. The summed E-state index contributed by atoms with van der Waals surface area (Å²) < 4.78 is 19.7. The van der Waals surface area contributed by atoms with E-state index in [-0.39, 0.29) is 5.56 Å². The van der Waals surface area contributed by atoms with Crippen molar-refractivity contribution in [1.82, 2.24) is 0 Å². The van der Waals surface area contributed by atoms with Crippen LogP contribution in [-0.2, 0) is 5.88 Å². The van der Waals surface area contributed by atoms with Crippen LogP contribution in [0.25, 0.3) is 0 Å². The van der Waals surface area contributed by atoms with E-state index in [1.807, 2.05) is 12.1 Å². The van der Waals surface area contributed by atoms with Crippen molar-refractivity contribution in [2.45, 2.75) is 5.88 Å². The van der Waals surface area contributed by atoms with E-state index in [0.29, 0.717) is 17.4 Å². The van der Waals surface area contributed by atoms with Crippen LogP contribution < -0.4 is 4.74 Å². The van der Waals surface area contributed by atoms with Crippen LogP contribution in [0.1, 0.15) is 11.1 Å². The van der Waals surface area contributed by atoms with E-state index >= 15 is 0 Å². The molecular formula is C14H8BrClFNO. The predicted octanol–water partition coefficient (Wildman–Crippen LogP) is 4.99. The largest absolute Gasteiger partial charge is 0.456 e. The van der Waals surface area contributed by atoms with Gasteiger partial charge in [0.05, 0.1) is 10.0 Å². The highest BCUT2D eigenvalue weighted by atomic mass is 79.9. The summed E-state index contributed by atoms with van der Waals surface area (Å²) in [6.07, 6.45) is 0. The molecular weight excluding hydrogens is 333 g/mol. The van der Waals surface area contributed by atoms with E-state index in [2.05, 4.69) is 15.9 Å². The molecule has 0 aliphatic carbocycles. The number of alkyl halides is 1. The van der Waals surface area contributed by atoms with Gasteiger partial charge >= 0.3 is 0 Å². The monoisotopic (exact) mass is 339 g/mol. The maximum Gasteiger partial charge on any atom is 0.144 e. The van der Waals surface area contributed by atoms with Gasteiger partial charge in [0.15, 0.2) is 0 Å². The molecule has 0 amide bonds. The van der Waals surface area contributed by atoms with E-state index in [4.69, 9.17) is 21.6 Å². The van der Waals surface area contributed by atoms with Crippen molar-refractivity contribution in [3.8, 4) is 17.6 Å². The van der Waals surface area contributed by atoms with E-state index in [0.717, 1.165) is 10.0 Å². The van der Waals surface area contributed by atoms with Gasteiger partial charge in [-0.2, -0.15) is 5.26 Å². The lowest BCUT2D eigenvalue weighted by Gasteiger charge is -2.09. The molecule has 0 saturated carbocycles. The second-order valence-corrected chi connectivity index (χ2v) is 4.88. The predicted molar refractivity (Wildman–Crippen MR) is 74.9 cm³/mol. The van der Waals surface area contributed by atoms with Crippen LogP contribution in [0.5, 0.6) is 11.5 Å². The van der Waals surface area contributed by atoms with E-state index in [1.165, 1.54) is 12.1 Å². The summed E-state index contributed by atoms with van der Waals surface area (Å²) in [4.78, 5) is 0. The molecule has 2 aromatic rings. The smallest absolute Gasteiger partial charge is 0.144 e. The minimum absolute atomic E-state index is 0.0103. The van der Waals surface area contributed by atoms with E-state index in [1.54, 1.807) is 18.2 Å². The van der Waals surface area contributed by atoms with Crippen LogP contribution in [0.3, 0.4) is 0 Å². The number of hydrogen-bond acceptors (Lipinski definition) is 2. The Labute approximate surface area is 123 Å². The number of halogens is 3. The van der Waals surface area contributed by atoms with Gasteiger partial charge < -0.3 is 4.74 Å². The summed E-state index contributed by atoms with van der Waals surface area (Å²) in [5.74, 6) is 0.687. The van der Waals surface area contributed by atoms with E-state index < -0.39 is 5.82 Å². The van der Waals surface area contributed by atoms with Gasteiger partial charge in [0.1, 0.15) is 23.4 Å². The summed E-state index contributed by atoms with van der Waals surface area (Å²) in [7, 11) is 0. The first-order valence-corrected chi connectivity index (χ1v) is 6.68. The first kappa shape index (κ1) is 13.9. The molecule has 0 spiro atoms. The molecule has 96 valence electrons. The first-order valence-electron chi connectivity index (χ1n) is 5.36. The van der Waals surface area contributed by atoms with Crippen molar-refractivity contribution < 1.29 is 9.13 Å². The highest BCUT2D eigenvalue weighted by Gasteiger charge is 2.07. The van der Waals surface area contributed by atoms with Crippen molar-refractivity contribution in [2.75, 3.05) is 0 Å². The number of ether oxygens (including phenoxy) is 1. The fourth-order valence-electron chi connectivity index (χ4n) is 1.49. The lowest BCUT2D eigenvalue weighted by atomic mass is 10.2. The highest BCUT2D eigenvalue weighted by Crippen LogP contribution is 2.31. The van der Waals surface area contributed by atoms with Crippen LogP contribution in [0.15, 0.2) is 40.9 Å². The third kappa shape index (κ3) is 3.25.